The standard InChI is InChI=1S/C17H30N2O2/c1-19(5-3-2-4-6-20)16(21)18-17-10-13-7-14(11-17)9-15(8-13)12-17/h13-15,20H,2-12H2,1H3,(H,18,21). The molecule has 4 aliphatic carbocycles. The van der Waals surface area contributed by atoms with E-state index >= 15 is 0 Å². The van der Waals surface area contributed by atoms with Crippen molar-refractivity contribution in [2.75, 3.05) is 20.2 Å². The second kappa shape index (κ2) is 6.15. The first-order valence-corrected chi connectivity index (χ1v) is 8.74. The molecule has 4 rings (SSSR count). The van der Waals surface area contributed by atoms with Gasteiger partial charge in [-0.1, -0.05) is 0 Å². The van der Waals surface area contributed by atoms with Crippen molar-refractivity contribution in [3.05, 3.63) is 0 Å². The Morgan fingerprint density at radius 2 is 1.67 bits per heavy atom. The number of aliphatic hydroxyl groups excluding tert-OH is 1. The molecule has 4 fully saturated rings. The van der Waals surface area contributed by atoms with Gasteiger partial charge in [-0.15, -0.1) is 0 Å². The number of carbonyl (C=O) groups is 1. The summed E-state index contributed by atoms with van der Waals surface area (Å²) >= 11 is 0. The molecule has 0 saturated heterocycles. The first-order valence-electron chi connectivity index (χ1n) is 8.74. The maximum absolute atomic E-state index is 12.5. The van der Waals surface area contributed by atoms with E-state index in [1.165, 1.54) is 38.5 Å². The van der Waals surface area contributed by atoms with E-state index in [0.717, 1.165) is 43.6 Å². The second-order valence-electron chi connectivity index (χ2n) is 7.83. The van der Waals surface area contributed by atoms with Gasteiger partial charge < -0.3 is 15.3 Å². The highest BCUT2D eigenvalue weighted by atomic mass is 16.2. The van der Waals surface area contributed by atoms with Crippen molar-refractivity contribution in [1.82, 2.24) is 10.2 Å². The predicted octanol–water partition coefficient (Wildman–Crippen LogP) is 2.76. The molecule has 0 aromatic heterocycles. The van der Waals surface area contributed by atoms with Crippen molar-refractivity contribution in [3.63, 3.8) is 0 Å². The Morgan fingerprint density at radius 1 is 1.10 bits per heavy atom. The van der Waals surface area contributed by atoms with E-state index in [1.807, 2.05) is 11.9 Å². The Balaban J connectivity index is 1.50. The molecule has 120 valence electrons. The van der Waals surface area contributed by atoms with Crippen molar-refractivity contribution in [3.8, 4) is 0 Å². The topological polar surface area (TPSA) is 52.6 Å². The van der Waals surface area contributed by atoms with Crippen LogP contribution in [0.5, 0.6) is 0 Å². The molecule has 0 unspecified atom stereocenters. The average molecular weight is 294 g/mol. The van der Waals surface area contributed by atoms with Crippen LogP contribution in [0.3, 0.4) is 0 Å². The van der Waals surface area contributed by atoms with Crippen molar-refractivity contribution in [1.29, 1.82) is 0 Å². The van der Waals surface area contributed by atoms with E-state index in [2.05, 4.69) is 5.32 Å². The summed E-state index contributed by atoms with van der Waals surface area (Å²) in [5.41, 5.74) is 0.116. The van der Waals surface area contributed by atoms with Gasteiger partial charge in [0.2, 0.25) is 0 Å². The molecule has 0 spiro atoms. The Labute approximate surface area is 128 Å². The fourth-order valence-corrected chi connectivity index (χ4v) is 5.33. The molecule has 4 bridgehead atoms. The van der Waals surface area contributed by atoms with Crippen LogP contribution in [0.2, 0.25) is 0 Å². The fraction of sp³-hybridized carbons (Fsp3) is 0.941. The molecule has 4 heteroatoms. The molecule has 4 aliphatic rings. The molecule has 2 amide bonds. The number of unbranched alkanes of at least 4 members (excludes halogenated alkanes) is 2. The molecular formula is C17H30N2O2. The smallest absolute Gasteiger partial charge is 0.317 e. The highest BCUT2D eigenvalue weighted by Gasteiger charge is 2.51. The lowest BCUT2D eigenvalue weighted by atomic mass is 9.53. The number of aliphatic hydroxyl groups is 1. The third-order valence-electron chi connectivity index (χ3n) is 5.91. The number of amides is 2. The second-order valence-corrected chi connectivity index (χ2v) is 7.83. The highest BCUT2D eigenvalue weighted by Crippen LogP contribution is 2.55. The Bertz CT molecular complexity index is 348. The van der Waals surface area contributed by atoms with Gasteiger partial charge in [0.05, 0.1) is 0 Å². The van der Waals surface area contributed by atoms with Gasteiger partial charge in [-0.25, -0.2) is 4.79 Å². The molecule has 0 aromatic carbocycles. The van der Waals surface area contributed by atoms with E-state index in [0.29, 0.717) is 0 Å². The van der Waals surface area contributed by atoms with Gasteiger partial charge in [0.1, 0.15) is 0 Å². The molecule has 0 aliphatic heterocycles. The third-order valence-corrected chi connectivity index (χ3v) is 5.91. The molecule has 21 heavy (non-hydrogen) atoms. The van der Waals surface area contributed by atoms with Gasteiger partial charge in [-0.3, -0.25) is 0 Å². The summed E-state index contributed by atoms with van der Waals surface area (Å²) in [6.07, 6.45) is 10.7. The van der Waals surface area contributed by atoms with Crippen LogP contribution in [0.4, 0.5) is 4.79 Å². The first-order chi connectivity index (χ1) is 10.1. The summed E-state index contributed by atoms with van der Waals surface area (Å²) in [7, 11) is 1.90. The van der Waals surface area contributed by atoms with Crippen LogP contribution in [0.1, 0.15) is 57.8 Å². The van der Waals surface area contributed by atoms with Crippen LogP contribution in [-0.2, 0) is 0 Å². The zero-order chi connectivity index (χ0) is 14.9. The van der Waals surface area contributed by atoms with E-state index in [-0.39, 0.29) is 18.2 Å². The SMILES string of the molecule is CN(CCCCCO)C(=O)NC12CC3CC(CC(C3)C1)C2. The number of nitrogens with one attached hydrogen (secondary N) is 1. The molecule has 0 atom stereocenters. The van der Waals surface area contributed by atoms with Gasteiger partial charge in [-0.05, 0) is 75.5 Å². The van der Waals surface area contributed by atoms with Gasteiger partial charge in [0.25, 0.3) is 0 Å². The Kier molecular flexibility index (Phi) is 4.43. The van der Waals surface area contributed by atoms with Crippen molar-refractivity contribution >= 4 is 6.03 Å². The van der Waals surface area contributed by atoms with Crippen LogP contribution in [-0.4, -0.2) is 41.8 Å². The summed E-state index contributed by atoms with van der Waals surface area (Å²) in [6.45, 7) is 1.04. The van der Waals surface area contributed by atoms with E-state index in [9.17, 15) is 4.79 Å². The number of nitrogens with zero attached hydrogens (tertiary/aromatic N) is 1. The number of urea groups is 1. The minimum atomic E-state index is 0.112. The van der Waals surface area contributed by atoms with Crippen molar-refractivity contribution in [2.24, 2.45) is 17.8 Å². The summed E-state index contributed by atoms with van der Waals surface area (Å²) < 4.78 is 0. The van der Waals surface area contributed by atoms with E-state index < -0.39 is 0 Å². The normalized spacial score (nSPS) is 36.8. The minimum Gasteiger partial charge on any atom is -0.396 e. The highest BCUT2D eigenvalue weighted by molar-refractivity contribution is 5.74. The molecule has 2 N–H and O–H groups in total. The quantitative estimate of drug-likeness (QED) is 0.740. The zero-order valence-corrected chi connectivity index (χ0v) is 13.3. The summed E-state index contributed by atoms with van der Waals surface area (Å²) in [5, 5.41) is 12.2. The molecule has 4 nitrogen and oxygen atoms in total. The summed E-state index contributed by atoms with van der Waals surface area (Å²) in [6, 6.07) is 0.112. The number of hydrogen-bond acceptors (Lipinski definition) is 2. The monoisotopic (exact) mass is 294 g/mol. The molecule has 0 heterocycles. The Morgan fingerprint density at radius 3 is 2.19 bits per heavy atom. The van der Waals surface area contributed by atoms with Crippen LogP contribution in [0.15, 0.2) is 0 Å². The van der Waals surface area contributed by atoms with Crippen LogP contribution < -0.4 is 5.32 Å². The summed E-state index contributed by atoms with van der Waals surface area (Å²) in [4.78, 5) is 14.3. The van der Waals surface area contributed by atoms with Gasteiger partial charge in [0, 0.05) is 25.7 Å². The van der Waals surface area contributed by atoms with Crippen LogP contribution >= 0.6 is 0 Å². The maximum atomic E-state index is 12.5. The van der Waals surface area contributed by atoms with Crippen molar-refractivity contribution in [2.45, 2.75) is 63.3 Å². The summed E-state index contributed by atoms with van der Waals surface area (Å²) in [5.74, 6) is 2.60. The largest absolute Gasteiger partial charge is 0.396 e. The van der Waals surface area contributed by atoms with Gasteiger partial charge >= 0.3 is 6.03 Å². The number of hydrogen-bond donors (Lipinski definition) is 2. The average Bonchev–Trinajstić information content (AvgIpc) is 2.41. The van der Waals surface area contributed by atoms with E-state index in [1.54, 1.807) is 0 Å². The van der Waals surface area contributed by atoms with Crippen LogP contribution in [0, 0.1) is 17.8 Å². The molecule has 4 saturated carbocycles. The maximum Gasteiger partial charge on any atom is 0.317 e. The van der Waals surface area contributed by atoms with Gasteiger partial charge in [-0.2, -0.15) is 0 Å². The first kappa shape index (κ1) is 15.1. The minimum absolute atomic E-state index is 0.112. The third kappa shape index (κ3) is 3.36. The molecule has 0 radical (unpaired) electrons. The molecular weight excluding hydrogens is 264 g/mol. The Hall–Kier alpha value is -0.770. The van der Waals surface area contributed by atoms with Gasteiger partial charge in [0.15, 0.2) is 0 Å². The predicted molar refractivity (Wildman–Crippen MR) is 83.0 cm³/mol. The zero-order valence-electron chi connectivity index (χ0n) is 13.3. The number of rotatable bonds is 6. The van der Waals surface area contributed by atoms with Crippen molar-refractivity contribution < 1.29 is 9.90 Å². The lowest BCUT2D eigenvalue weighted by Crippen LogP contribution is -2.61. The van der Waals surface area contributed by atoms with Crippen LogP contribution in [0.25, 0.3) is 0 Å². The van der Waals surface area contributed by atoms with E-state index in [4.69, 9.17) is 5.11 Å². The fourth-order valence-electron chi connectivity index (χ4n) is 5.33. The number of carbonyl (C=O) groups excluding carboxylic acids is 1. The lowest BCUT2D eigenvalue weighted by Gasteiger charge is -2.57. The lowest BCUT2D eigenvalue weighted by molar-refractivity contribution is -0.0153. The molecule has 0 aromatic rings.